The van der Waals surface area contributed by atoms with Crippen LogP contribution in [0.25, 0.3) is 5.82 Å². The molecule has 2 aromatic heterocycles. The Balaban J connectivity index is 2.54. The first-order chi connectivity index (χ1) is 8.17. The zero-order chi connectivity index (χ0) is 12.4. The zero-order valence-electron chi connectivity index (χ0n) is 10.6. The average molecular weight is 230 g/mol. The van der Waals surface area contributed by atoms with Gasteiger partial charge in [-0.25, -0.2) is 9.67 Å². The summed E-state index contributed by atoms with van der Waals surface area (Å²) in [5.74, 6) is 0.832. The Morgan fingerprint density at radius 3 is 2.53 bits per heavy atom. The molecule has 0 bridgehead atoms. The van der Waals surface area contributed by atoms with Crippen LogP contribution in [0.2, 0.25) is 0 Å². The molecule has 0 fully saturated rings. The van der Waals surface area contributed by atoms with Crippen LogP contribution >= 0.6 is 0 Å². The normalized spacial score (nSPS) is 10.8. The van der Waals surface area contributed by atoms with E-state index in [1.165, 1.54) is 0 Å². The van der Waals surface area contributed by atoms with Crippen molar-refractivity contribution in [1.29, 1.82) is 0 Å². The first-order valence-corrected chi connectivity index (χ1v) is 5.96. The van der Waals surface area contributed by atoms with E-state index >= 15 is 0 Å². The van der Waals surface area contributed by atoms with Gasteiger partial charge in [-0.15, -0.1) is 0 Å². The van der Waals surface area contributed by atoms with Gasteiger partial charge in [0, 0.05) is 6.20 Å². The molecule has 17 heavy (non-hydrogen) atoms. The van der Waals surface area contributed by atoms with Crippen molar-refractivity contribution in [3.63, 3.8) is 0 Å². The zero-order valence-corrected chi connectivity index (χ0v) is 10.6. The fourth-order valence-electron chi connectivity index (χ4n) is 1.89. The fraction of sp³-hybridized carbons (Fsp3) is 0.385. The lowest BCUT2D eigenvalue weighted by molar-refractivity contribution is 0.772. The lowest BCUT2D eigenvalue weighted by atomic mass is 10.2. The molecule has 4 heteroatoms. The van der Waals surface area contributed by atoms with Crippen molar-refractivity contribution in [2.24, 2.45) is 0 Å². The summed E-state index contributed by atoms with van der Waals surface area (Å²) in [6.45, 7) is 6.16. The fourth-order valence-corrected chi connectivity index (χ4v) is 1.89. The highest BCUT2D eigenvalue weighted by molar-refractivity contribution is 5.51. The molecule has 0 radical (unpaired) electrons. The number of nitrogens with zero attached hydrogens (tertiary/aromatic N) is 3. The van der Waals surface area contributed by atoms with Crippen LogP contribution in [0.5, 0.6) is 0 Å². The number of rotatable bonds is 3. The Hall–Kier alpha value is -1.84. The molecular formula is C13H18N4. The van der Waals surface area contributed by atoms with Gasteiger partial charge in [0.1, 0.15) is 0 Å². The summed E-state index contributed by atoms with van der Waals surface area (Å²) in [4.78, 5) is 4.39. The van der Waals surface area contributed by atoms with E-state index in [1.54, 1.807) is 0 Å². The number of pyridine rings is 1. The van der Waals surface area contributed by atoms with Crippen molar-refractivity contribution in [2.45, 2.75) is 33.6 Å². The van der Waals surface area contributed by atoms with E-state index in [4.69, 9.17) is 5.73 Å². The Bertz CT molecular complexity index is 511. The van der Waals surface area contributed by atoms with E-state index in [0.29, 0.717) is 0 Å². The van der Waals surface area contributed by atoms with E-state index in [0.717, 1.165) is 41.3 Å². The molecular weight excluding hydrogens is 212 g/mol. The first kappa shape index (κ1) is 11.6. The maximum Gasteiger partial charge on any atom is 0.153 e. The minimum Gasteiger partial charge on any atom is -0.396 e. The molecule has 2 N–H and O–H groups in total. The first-order valence-electron chi connectivity index (χ1n) is 5.96. The topological polar surface area (TPSA) is 56.7 Å². The smallest absolute Gasteiger partial charge is 0.153 e. The molecule has 4 nitrogen and oxygen atoms in total. The second-order valence-electron chi connectivity index (χ2n) is 4.12. The van der Waals surface area contributed by atoms with E-state index in [1.807, 2.05) is 29.9 Å². The van der Waals surface area contributed by atoms with Gasteiger partial charge in [-0.1, -0.05) is 19.9 Å². The number of nitrogens with two attached hydrogens (primary N) is 1. The van der Waals surface area contributed by atoms with Crippen molar-refractivity contribution in [3.05, 3.63) is 35.3 Å². The molecule has 90 valence electrons. The number of hydrogen-bond acceptors (Lipinski definition) is 3. The van der Waals surface area contributed by atoms with Crippen molar-refractivity contribution < 1.29 is 0 Å². The van der Waals surface area contributed by atoms with Crippen LogP contribution in [0.3, 0.4) is 0 Å². The lowest BCUT2D eigenvalue weighted by Gasteiger charge is -2.05. The molecule has 0 spiro atoms. The maximum absolute atomic E-state index is 6.08. The molecule has 0 unspecified atom stereocenters. The van der Waals surface area contributed by atoms with Crippen LogP contribution in [0.15, 0.2) is 18.3 Å². The number of hydrogen-bond donors (Lipinski definition) is 1. The molecule has 0 aliphatic carbocycles. The number of aryl methyl sites for hydroxylation is 2. The van der Waals surface area contributed by atoms with Crippen LogP contribution in [0, 0.1) is 6.92 Å². The van der Waals surface area contributed by atoms with Gasteiger partial charge in [0.25, 0.3) is 0 Å². The predicted octanol–water partition coefficient (Wildman–Crippen LogP) is 2.28. The molecule has 2 rings (SSSR count). The Kier molecular flexibility index (Phi) is 3.13. The third-order valence-electron chi connectivity index (χ3n) is 2.88. The summed E-state index contributed by atoms with van der Waals surface area (Å²) in [6.07, 6.45) is 3.55. The van der Waals surface area contributed by atoms with Crippen LogP contribution in [0.4, 0.5) is 5.69 Å². The maximum atomic E-state index is 6.08. The monoisotopic (exact) mass is 230 g/mol. The number of nitrogen functional groups attached to an aromatic ring is 1. The molecule has 0 aliphatic heterocycles. The molecule has 2 aromatic rings. The minimum atomic E-state index is 0.803. The highest BCUT2D eigenvalue weighted by Crippen LogP contribution is 2.21. The van der Waals surface area contributed by atoms with Crippen LogP contribution in [-0.2, 0) is 12.8 Å². The van der Waals surface area contributed by atoms with E-state index in [-0.39, 0.29) is 0 Å². The second kappa shape index (κ2) is 4.57. The molecule has 0 saturated heterocycles. The highest BCUT2D eigenvalue weighted by Gasteiger charge is 2.14. The predicted molar refractivity (Wildman–Crippen MR) is 69.3 cm³/mol. The van der Waals surface area contributed by atoms with E-state index in [2.05, 4.69) is 23.9 Å². The largest absolute Gasteiger partial charge is 0.396 e. The third kappa shape index (κ3) is 2.02. The van der Waals surface area contributed by atoms with Crippen molar-refractivity contribution in [2.75, 3.05) is 5.73 Å². The van der Waals surface area contributed by atoms with Gasteiger partial charge in [0.05, 0.1) is 17.1 Å². The summed E-state index contributed by atoms with van der Waals surface area (Å²) in [7, 11) is 0. The van der Waals surface area contributed by atoms with Crippen molar-refractivity contribution in [1.82, 2.24) is 14.8 Å². The molecule has 0 atom stereocenters. The summed E-state index contributed by atoms with van der Waals surface area (Å²) >= 11 is 0. The molecule has 0 aliphatic rings. The summed E-state index contributed by atoms with van der Waals surface area (Å²) < 4.78 is 1.85. The summed E-state index contributed by atoms with van der Waals surface area (Å²) in [5, 5.41) is 4.53. The molecule has 0 aromatic carbocycles. The Morgan fingerprint density at radius 2 is 2.00 bits per heavy atom. The van der Waals surface area contributed by atoms with Crippen molar-refractivity contribution in [3.8, 4) is 5.82 Å². The third-order valence-corrected chi connectivity index (χ3v) is 2.88. The van der Waals surface area contributed by atoms with Crippen LogP contribution in [0.1, 0.15) is 30.8 Å². The van der Waals surface area contributed by atoms with E-state index in [9.17, 15) is 0 Å². The SMILES string of the molecule is CCc1nn(-c2ccc(C)cn2)c(CC)c1N. The van der Waals surface area contributed by atoms with Gasteiger partial charge < -0.3 is 5.73 Å². The average Bonchev–Trinajstić information content (AvgIpc) is 2.66. The van der Waals surface area contributed by atoms with Crippen LogP contribution < -0.4 is 5.73 Å². The van der Waals surface area contributed by atoms with Gasteiger partial charge in [-0.3, -0.25) is 0 Å². The summed E-state index contributed by atoms with van der Waals surface area (Å²) in [5.41, 5.74) is 10.0. The van der Waals surface area contributed by atoms with Crippen LogP contribution in [-0.4, -0.2) is 14.8 Å². The molecule has 0 saturated carbocycles. The van der Waals surface area contributed by atoms with Gasteiger partial charge in [0.2, 0.25) is 0 Å². The number of anilines is 1. The lowest BCUT2D eigenvalue weighted by Crippen LogP contribution is -2.04. The minimum absolute atomic E-state index is 0.803. The van der Waals surface area contributed by atoms with Crippen molar-refractivity contribution >= 4 is 5.69 Å². The molecule has 0 amide bonds. The highest BCUT2D eigenvalue weighted by atomic mass is 15.3. The van der Waals surface area contributed by atoms with Gasteiger partial charge in [0.15, 0.2) is 5.82 Å². The summed E-state index contributed by atoms with van der Waals surface area (Å²) in [6, 6.07) is 4.01. The van der Waals surface area contributed by atoms with E-state index < -0.39 is 0 Å². The van der Waals surface area contributed by atoms with Gasteiger partial charge >= 0.3 is 0 Å². The Labute approximate surface area is 101 Å². The Morgan fingerprint density at radius 1 is 1.24 bits per heavy atom. The van der Waals surface area contributed by atoms with Gasteiger partial charge in [-0.05, 0) is 31.4 Å². The standard InChI is InChI=1S/C13H18N4/c1-4-10-13(14)11(5-2)17(16-10)12-7-6-9(3)8-15-12/h6-8H,4-5,14H2,1-3H3. The second-order valence-corrected chi connectivity index (χ2v) is 4.12. The quantitative estimate of drug-likeness (QED) is 0.880. The molecule has 2 heterocycles. The number of aromatic nitrogens is 3. The van der Waals surface area contributed by atoms with Gasteiger partial charge in [-0.2, -0.15) is 5.10 Å².